The van der Waals surface area contributed by atoms with Gasteiger partial charge in [-0.1, -0.05) is 0 Å². The minimum atomic E-state index is -4.09. The van der Waals surface area contributed by atoms with Gasteiger partial charge >= 0.3 is 6.18 Å². The maximum absolute atomic E-state index is 12.5. The Balaban J connectivity index is 2.35. The normalized spacial score (nSPS) is 17.8. The summed E-state index contributed by atoms with van der Waals surface area (Å²) >= 11 is 0. The van der Waals surface area contributed by atoms with Gasteiger partial charge in [0.25, 0.3) is 0 Å². The standard InChI is InChI=1S/C20H40F3N5/c1-6-24-19(26-11-14-28(16(2)3)17(4)5)25-10-7-18-8-12-27(13-9-18)15-20(21,22)23/h16-18H,6-15H2,1-5H3,(H2,24,25,26). The minimum Gasteiger partial charge on any atom is -0.357 e. The summed E-state index contributed by atoms with van der Waals surface area (Å²) in [6, 6.07) is 1.01. The first kappa shape index (κ1) is 25.0. The van der Waals surface area contributed by atoms with Crippen LogP contribution in [0.1, 0.15) is 53.9 Å². The van der Waals surface area contributed by atoms with Crippen LogP contribution < -0.4 is 10.6 Å². The van der Waals surface area contributed by atoms with E-state index in [4.69, 9.17) is 0 Å². The van der Waals surface area contributed by atoms with Crippen LogP contribution in [0.5, 0.6) is 0 Å². The van der Waals surface area contributed by atoms with E-state index < -0.39 is 12.7 Å². The molecular weight excluding hydrogens is 367 g/mol. The molecule has 1 rings (SSSR count). The average Bonchev–Trinajstić information content (AvgIpc) is 2.58. The van der Waals surface area contributed by atoms with Crippen LogP contribution in [0.3, 0.4) is 0 Å². The molecule has 0 spiro atoms. The number of guanidine groups is 1. The van der Waals surface area contributed by atoms with Crippen molar-refractivity contribution in [3.8, 4) is 0 Å². The van der Waals surface area contributed by atoms with E-state index in [1.165, 1.54) is 4.90 Å². The summed E-state index contributed by atoms with van der Waals surface area (Å²) in [6.45, 7) is 14.5. The SMILES string of the molecule is CCNC(=NCCC1CCN(CC(F)(F)F)CC1)NCCN(C(C)C)C(C)C. The van der Waals surface area contributed by atoms with Crippen LogP contribution in [0.4, 0.5) is 13.2 Å². The molecule has 8 heteroatoms. The molecule has 0 aromatic carbocycles. The Morgan fingerprint density at radius 2 is 1.71 bits per heavy atom. The van der Waals surface area contributed by atoms with Crippen LogP contribution >= 0.6 is 0 Å². The lowest BCUT2D eigenvalue weighted by Gasteiger charge is -2.32. The van der Waals surface area contributed by atoms with Crippen LogP contribution in [0, 0.1) is 5.92 Å². The molecule has 28 heavy (non-hydrogen) atoms. The molecule has 0 aliphatic carbocycles. The Bertz CT molecular complexity index is 436. The second kappa shape index (κ2) is 12.5. The van der Waals surface area contributed by atoms with Crippen LogP contribution in [0.15, 0.2) is 4.99 Å². The zero-order valence-electron chi connectivity index (χ0n) is 18.3. The zero-order chi connectivity index (χ0) is 21.2. The summed E-state index contributed by atoms with van der Waals surface area (Å²) in [7, 11) is 0. The fraction of sp³-hybridized carbons (Fsp3) is 0.950. The maximum atomic E-state index is 12.5. The second-order valence-corrected chi connectivity index (χ2v) is 8.24. The van der Waals surface area contributed by atoms with Gasteiger partial charge in [-0.2, -0.15) is 13.2 Å². The van der Waals surface area contributed by atoms with E-state index in [0.29, 0.717) is 37.6 Å². The largest absolute Gasteiger partial charge is 0.401 e. The molecule has 2 N–H and O–H groups in total. The van der Waals surface area contributed by atoms with Gasteiger partial charge in [0, 0.05) is 38.3 Å². The summed E-state index contributed by atoms with van der Waals surface area (Å²) in [5.41, 5.74) is 0. The number of aliphatic imine (C=N–C) groups is 1. The predicted molar refractivity (Wildman–Crippen MR) is 111 cm³/mol. The zero-order valence-corrected chi connectivity index (χ0v) is 18.3. The lowest BCUT2D eigenvalue weighted by atomic mass is 9.93. The Hall–Kier alpha value is -1.02. The molecule has 1 heterocycles. The average molecular weight is 408 g/mol. The number of nitrogens with zero attached hydrogens (tertiary/aromatic N) is 3. The van der Waals surface area contributed by atoms with Gasteiger partial charge in [0.1, 0.15) is 0 Å². The second-order valence-electron chi connectivity index (χ2n) is 8.24. The molecule has 0 aromatic rings. The van der Waals surface area contributed by atoms with Crippen molar-refractivity contribution < 1.29 is 13.2 Å². The highest BCUT2D eigenvalue weighted by molar-refractivity contribution is 5.79. The molecule has 0 saturated carbocycles. The highest BCUT2D eigenvalue weighted by atomic mass is 19.4. The summed E-state index contributed by atoms with van der Waals surface area (Å²) in [6.07, 6.45) is -1.51. The number of halogens is 3. The van der Waals surface area contributed by atoms with Crippen molar-refractivity contribution in [2.75, 3.05) is 45.8 Å². The quantitative estimate of drug-likeness (QED) is 0.431. The first-order valence-electron chi connectivity index (χ1n) is 10.7. The first-order chi connectivity index (χ1) is 13.1. The van der Waals surface area contributed by atoms with Gasteiger partial charge in [-0.15, -0.1) is 0 Å². The van der Waals surface area contributed by atoms with E-state index in [1.54, 1.807) is 0 Å². The molecule has 166 valence electrons. The van der Waals surface area contributed by atoms with E-state index in [-0.39, 0.29) is 0 Å². The third-order valence-electron chi connectivity index (χ3n) is 5.25. The predicted octanol–water partition coefficient (Wildman–Crippen LogP) is 3.32. The van der Waals surface area contributed by atoms with Crippen LogP contribution in [0.25, 0.3) is 0 Å². The van der Waals surface area contributed by atoms with E-state index in [0.717, 1.165) is 44.9 Å². The molecule has 5 nitrogen and oxygen atoms in total. The molecule has 1 aliphatic heterocycles. The first-order valence-corrected chi connectivity index (χ1v) is 10.7. The summed E-state index contributed by atoms with van der Waals surface area (Å²) in [5.74, 6) is 1.29. The fourth-order valence-electron chi connectivity index (χ4n) is 3.80. The lowest BCUT2D eigenvalue weighted by molar-refractivity contribution is -0.148. The topological polar surface area (TPSA) is 42.9 Å². The number of piperidine rings is 1. The Morgan fingerprint density at radius 3 is 2.21 bits per heavy atom. The molecule has 0 radical (unpaired) electrons. The van der Waals surface area contributed by atoms with Gasteiger partial charge in [0.15, 0.2) is 5.96 Å². The summed E-state index contributed by atoms with van der Waals surface area (Å²) in [5, 5.41) is 6.67. The Kier molecular flexibility index (Phi) is 11.2. The number of rotatable bonds is 10. The highest BCUT2D eigenvalue weighted by Gasteiger charge is 2.32. The van der Waals surface area contributed by atoms with E-state index >= 15 is 0 Å². The Labute approximate surface area is 169 Å². The molecule has 0 amide bonds. The molecular formula is C20H40F3N5. The maximum Gasteiger partial charge on any atom is 0.401 e. The van der Waals surface area contributed by atoms with Gasteiger partial charge in [-0.25, -0.2) is 0 Å². The number of nitrogens with one attached hydrogen (secondary N) is 2. The number of likely N-dealkylation sites (tertiary alicyclic amines) is 1. The van der Waals surface area contributed by atoms with Crippen molar-refractivity contribution in [3.05, 3.63) is 0 Å². The van der Waals surface area contributed by atoms with Gasteiger partial charge in [-0.05, 0) is 72.9 Å². The van der Waals surface area contributed by atoms with Crippen molar-refractivity contribution in [2.45, 2.75) is 72.1 Å². The van der Waals surface area contributed by atoms with Gasteiger partial charge < -0.3 is 10.6 Å². The van der Waals surface area contributed by atoms with Gasteiger partial charge in [0.05, 0.1) is 6.54 Å². The van der Waals surface area contributed by atoms with Crippen LogP contribution in [-0.4, -0.2) is 79.8 Å². The molecule has 1 fully saturated rings. The molecule has 1 saturated heterocycles. The fourth-order valence-corrected chi connectivity index (χ4v) is 3.80. The van der Waals surface area contributed by atoms with Crippen molar-refractivity contribution in [3.63, 3.8) is 0 Å². The smallest absolute Gasteiger partial charge is 0.357 e. The minimum absolute atomic E-state index is 0.466. The molecule has 0 aromatic heterocycles. The van der Waals surface area contributed by atoms with Crippen molar-refractivity contribution in [1.82, 2.24) is 20.4 Å². The van der Waals surface area contributed by atoms with Crippen molar-refractivity contribution >= 4 is 5.96 Å². The molecule has 1 aliphatic rings. The number of hydrogen-bond donors (Lipinski definition) is 2. The number of hydrogen-bond acceptors (Lipinski definition) is 3. The van der Waals surface area contributed by atoms with Crippen LogP contribution in [-0.2, 0) is 0 Å². The van der Waals surface area contributed by atoms with E-state index in [2.05, 4.69) is 48.2 Å². The van der Waals surface area contributed by atoms with Crippen LogP contribution in [0.2, 0.25) is 0 Å². The lowest BCUT2D eigenvalue weighted by Crippen LogP contribution is -2.45. The van der Waals surface area contributed by atoms with Gasteiger partial charge in [0.2, 0.25) is 0 Å². The Morgan fingerprint density at radius 1 is 1.11 bits per heavy atom. The third kappa shape index (κ3) is 10.5. The summed E-state index contributed by atoms with van der Waals surface area (Å²) in [4.78, 5) is 8.61. The monoisotopic (exact) mass is 407 g/mol. The van der Waals surface area contributed by atoms with E-state index in [9.17, 15) is 13.2 Å². The molecule has 0 atom stereocenters. The van der Waals surface area contributed by atoms with E-state index in [1.807, 2.05) is 6.92 Å². The summed E-state index contributed by atoms with van der Waals surface area (Å²) < 4.78 is 37.4. The van der Waals surface area contributed by atoms with Gasteiger partial charge in [-0.3, -0.25) is 14.8 Å². The highest BCUT2D eigenvalue weighted by Crippen LogP contribution is 2.24. The molecule has 0 bridgehead atoms. The van der Waals surface area contributed by atoms with Crippen molar-refractivity contribution in [1.29, 1.82) is 0 Å². The number of alkyl halides is 3. The van der Waals surface area contributed by atoms with Crippen molar-refractivity contribution in [2.24, 2.45) is 10.9 Å². The molecule has 0 unspecified atom stereocenters. The third-order valence-corrected chi connectivity index (χ3v) is 5.25.